The summed E-state index contributed by atoms with van der Waals surface area (Å²) in [6.45, 7) is 0.594. The number of likely N-dealkylation sites (tertiary alicyclic amines) is 1. The molecule has 4 heterocycles. The number of amides is 1. The zero-order valence-electron chi connectivity index (χ0n) is 15.5. The van der Waals surface area contributed by atoms with E-state index in [4.69, 9.17) is 9.40 Å². The Morgan fingerprint density at radius 3 is 2.89 bits per heavy atom. The third-order valence-corrected chi connectivity index (χ3v) is 6.71. The van der Waals surface area contributed by atoms with Crippen LogP contribution >= 0.6 is 11.3 Å². The monoisotopic (exact) mass is 398 g/mol. The fourth-order valence-electron chi connectivity index (χ4n) is 4.43. The molecule has 1 aliphatic heterocycles. The molecule has 2 fully saturated rings. The molecule has 1 aliphatic carbocycles. The van der Waals surface area contributed by atoms with Crippen LogP contribution in [0.4, 0.5) is 0 Å². The first-order chi connectivity index (χ1) is 13.7. The third kappa shape index (κ3) is 2.96. The fourth-order valence-corrected chi connectivity index (χ4v) is 5.11. The van der Waals surface area contributed by atoms with Crippen molar-refractivity contribution in [3.05, 3.63) is 51.5 Å². The van der Waals surface area contributed by atoms with Crippen LogP contribution in [0.15, 0.2) is 33.2 Å². The normalized spacial score (nSPS) is 20.9. The molecule has 8 heteroatoms. The lowest BCUT2D eigenvalue weighted by Crippen LogP contribution is -2.35. The first-order valence-electron chi connectivity index (χ1n) is 9.93. The highest BCUT2D eigenvalue weighted by Crippen LogP contribution is 2.36. The molecule has 0 bridgehead atoms. The minimum Gasteiger partial charge on any atom is -0.446 e. The van der Waals surface area contributed by atoms with Crippen molar-refractivity contribution in [1.29, 1.82) is 0 Å². The summed E-state index contributed by atoms with van der Waals surface area (Å²) in [5.41, 5.74) is 0.787. The molecule has 1 unspecified atom stereocenters. The van der Waals surface area contributed by atoms with E-state index < -0.39 is 0 Å². The summed E-state index contributed by atoms with van der Waals surface area (Å²) in [6, 6.07) is -0.215. The van der Waals surface area contributed by atoms with E-state index in [0.29, 0.717) is 23.3 Å². The molecule has 1 amide bonds. The van der Waals surface area contributed by atoms with Crippen molar-refractivity contribution in [2.24, 2.45) is 0 Å². The van der Waals surface area contributed by atoms with Crippen molar-refractivity contribution in [1.82, 2.24) is 19.3 Å². The molecule has 28 heavy (non-hydrogen) atoms. The van der Waals surface area contributed by atoms with Gasteiger partial charge in [-0.25, -0.2) is 9.97 Å². The van der Waals surface area contributed by atoms with Crippen LogP contribution in [0.3, 0.4) is 0 Å². The largest absolute Gasteiger partial charge is 0.446 e. The molecule has 1 atom stereocenters. The van der Waals surface area contributed by atoms with E-state index in [1.165, 1.54) is 41.2 Å². The van der Waals surface area contributed by atoms with E-state index in [9.17, 15) is 9.59 Å². The van der Waals surface area contributed by atoms with Crippen LogP contribution < -0.4 is 5.56 Å². The molecule has 3 aromatic rings. The van der Waals surface area contributed by atoms with Gasteiger partial charge in [0, 0.05) is 30.2 Å². The van der Waals surface area contributed by atoms with Gasteiger partial charge in [-0.15, -0.1) is 11.3 Å². The average molecular weight is 398 g/mol. The maximum atomic E-state index is 13.1. The number of aromatic nitrogens is 3. The molecule has 3 aromatic heterocycles. The lowest BCUT2D eigenvalue weighted by molar-refractivity contribution is 0.0713. The molecule has 2 aliphatic rings. The quantitative estimate of drug-likeness (QED) is 0.671. The van der Waals surface area contributed by atoms with Crippen LogP contribution in [-0.2, 0) is 0 Å². The summed E-state index contributed by atoms with van der Waals surface area (Å²) >= 11 is 1.37. The van der Waals surface area contributed by atoms with E-state index in [1.807, 2.05) is 0 Å². The highest BCUT2D eigenvalue weighted by Gasteiger charge is 2.35. The SMILES string of the molecule is O=C(c1cnc2sccn2c1=O)N1CCCC1c1nc(C2CCCCC2)co1. The molecule has 0 N–H and O–H groups in total. The highest BCUT2D eigenvalue weighted by atomic mass is 32.1. The summed E-state index contributed by atoms with van der Waals surface area (Å²) in [6.07, 6.45) is 12.6. The van der Waals surface area contributed by atoms with Crippen molar-refractivity contribution in [2.75, 3.05) is 6.54 Å². The second kappa shape index (κ2) is 7.16. The Bertz CT molecular complexity index is 1060. The number of carbonyl (C=O) groups excluding carboxylic acids is 1. The van der Waals surface area contributed by atoms with Gasteiger partial charge in [0.05, 0.1) is 5.69 Å². The number of hydrogen-bond acceptors (Lipinski definition) is 6. The first kappa shape index (κ1) is 17.6. The van der Waals surface area contributed by atoms with Crippen LogP contribution in [-0.4, -0.2) is 31.7 Å². The van der Waals surface area contributed by atoms with Crippen LogP contribution in [0.5, 0.6) is 0 Å². The van der Waals surface area contributed by atoms with Gasteiger partial charge in [0.15, 0.2) is 4.96 Å². The van der Waals surface area contributed by atoms with Crippen LogP contribution in [0.25, 0.3) is 4.96 Å². The number of fused-ring (bicyclic) bond motifs is 1. The van der Waals surface area contributed by atoms with Crippen molar-refractivity contribution < 1.29 is 9.21 Å². The number of rotatable bonds is 3. The van der Waals surface area contributed by atoms with Crippen LogP contribution in [0, 0.1) is 0 Å². The van der Waals surface area contributed by atoms with E-state index in [2.05, 4.69) is 4.98 Å². The zero-order chi connectivity index (χ0) is 19.1. The lowest BCUT2D eigenvalue weighted by atomic mass is 9.87. The molecule has 146 valence electrons. The van der Waals surface area contributed by atoms with Crippen molar-refractivity contribution in [3.8, 4) is 0 Å². The Morgan fingerprint density at radius 1 is 1.18 bits per heavy atom. The molecule has 7 nitrogen and oxygen atoms in total. The van der Waals surface area contributed by atoms with Gasteiger partial charge >= 0.3 is 0 Å². The Morgan fingerprint density at radius 2 is 2.04 bits per heavy atom. The van der Waals surface area contributed by atoms with Gasteiger partial charge in [0.25, 0.3) is 11.5 Å². The van der Waals surface area contributed by atoms with Crippen LogP contribution in [0.2, 0.25) is 0 Å². The minimum absolute atomic E-state index is 0.0989. The predicted octanol–water partition coefficient (Wildman–Crippen LogP) is 3.77. The van der Waals surface area contributed by atoms with E-state index in [-0.39, 0.29) is 23.1 Å². The molecule has 1 saturated carbocycles. The highest BCUT2D eigenvalue weighted by molar-refractivity contribution is 7.15. The molecular formula is C20H22N4O3S. The summed E-state index contributed by atoms with van der Waals surface area (Å²) in [5.74, 6) is 0.765. The van der Waals surface area contributed by atoms with Crippen LogP contribution in [0.1, 0.15) is 78.8 Å². The number of thiazole rings is 1. The Labute approximate surface area is 166 Å². The van der Waals surface area contributed by atoms with E-state index in [1.54, 1.807) is 22.7 Å². The van der Waals surface area contributed by atoms with Gasteiger partial charge in [-0.05, 0) is 25.7 Å². The summed E-state index contributed by atoms with van der Waals surface area (Å²) in [5, 5.41) is 1.79. The van der Waals surface area contributed by atoms with Gasteiger partial charge < -0.3 is 9.32 Å². The maximum Gasteiger partial charge on any atom is 0.271 e. The summed E-state index contributed by atoms with van der Waals surface area (Å²) in [4.78, 5) is 37.1. The zero-order valence-corrected chi connectivity index (χ0v) is 16.4. The van der Waals surface area contributed by atoms with E-state index >= 15 is 0 Å². The van der Waals surface area contributed by atoms with Gasteiger partial charge in [0.1, 0.15) is 17.9 Å². The fraction of sp³-hybridized carbons (Fsp3) is 0.500. The van der Waals surface area contributed by atoms with Gasteiger partial charge in [-0.3, -0.25) is 14.0 Å². The number of nitrogens with zero attached hydrogens (tertiary/aromatic N) is 4. The predicted molar refractivity (Wildman–Crippen MR) is 105 cm³/mol. The molecular weight excluding hydrogens is 376 g/mol. The molecule has 0 spiro atoms. The molecule has 0 radical (unpaired) electrons. The number of hydrogen-bond donors (Lipinski definition) is 0. The Hall–Kier alpha value is -2.48. The Kier molecular flexibility index (Phi) is 4.50. The Balaban J connectivity index is 1.42. The maximum absolute atomic E-state index is 13.1. The summed E-state index contributed by atoms with van der Waals surface area (Å²) < 4.78 is 7.23. The minimum atomic E-state index is -0.322. The number of oxazole rings is 1. The topological polar surface area (TPSA) is 80.7 Å². The molecule has 0 aromatic carbocycles. The molecule has 1 saturated heterocycles. The lowest BCUT2D eigenvalue weighted by Gasteiger charge is -2.22. The van der Waals surface area contributed by atoms with Gasteiger partial charge in [-0.1, -0.05) is 19.3 Å². The van der Waals surface area contributed by atoms with Crippen molar-refractivity contribution in [2.45, 2.75) is 56.9 Å². The van der Waals surface area contributed by atoms with Crippen molar-refractivity contribution >= 4 is 22.2 Å². The first-order valence-corrected chi connectivity index (χ1v) is 10.8. The average Bonchev–Trinajstić information content (AvgIpc) is 3.47. The van der Waals surface area contributed by atoms with E-state index in [0.717, 1.165) is 31.4 Å². The standard InChI is InChI=1S/C20H22N4O3S/c25-18(14-11-21-20-24(19(14)26)9-10-28-20)23-8-4-7-16(23)17-22-15(12-27-17)13-5-2-1-3-6-13/h9-13,16H,1-8H2. The second-order valence-electron chi connectivity index (χ2n) is 7.63. The van der Waals surface area contributed by atoms with Crippen molar-refractivity contribution in [3.63, 3.8) is 0 Å². The third-order valence-electron chi connectivity index (χ3n) is 5.94. The number of carbonyl (C=O) groups is 1. The smallest absolute Gasteiger partial charge is 0.271 e. The molecule has 5 rings (SSSR count). The van der Waals surface area contributed by atoms with Gasteiger partial charge in [-0.2, -0.15) is 0 Å². The second-order valence-corrected chi connectivity index (χ2v) is 8.51. The summed E-state index contributed by atoms with van der Waals surface area (Å²) in [7, 11) is 0. The van der Waals surface area contributed by atoms with Gasteiger partial charge in [0.2, 0.25) is 5.89 Å².